The molecule has 2 N–H and O–H groups in total. The Morgan fingerprint density at radius 2 is 2.27 bits per heavy atom. The molecule has 0 fully saturated rings. The third kappa shape index (κ3) is 3.83. The number of aromatic nitrogens is 2. The second-order valence-electron chi connectivity index (χ2n) is 4.99. The minimum atomic E-state index is -0.602. The van der Waals surface area contributed by atoms with Gasteiger partial charge in [0.15, 0.2) is 5.16 Å². The maximum absolute atomic E-state index is 12.1. The average molecular weight is 392 g/mol. The number of nitro benzene ring substituents is 1. The van der Waals surface area contributed by atoms with Crippen LogP contribution < -0.4 is 15.6 Å². The van der Waals surface area contributed by atoms with E-state index in [0.717, 1.165) is 11.8 Å². The Morgan fingerprint density at radius 1 is 1.46 bits per heavy atom. The highest BCUT2D eigenvalue weighted by Crippen LogP contribution is 2.29. The van der Waals surface area contributed by atoms with Crippen molar-refractivity contribution in [1.82, 2.24) is 9.97 Å². The Balaban J connectivity index is 1.70. The molecule has 0 atom stereocenters. The van der Waals surface area contributed by atoms with Crippen molar-refractivity contribution in [2.24, 2.45) is 0 Å². The molecule has 0 radical (unpaired) electrons. The number of thioether (sulfide) groups is 1. The molecule has 26 heavy (non-hydrogen) atoms. The van der Waals surface area contributed by atoms with Crippen LogP contribution in [0, 0.1) is 10.1 Å². The smallest absolute Gasteiger partial charge is 0.296 e. The summed E-state index contributed by atoms with van der Waals surface area (Å²) in [6.45, 7) is 0. The number of nitro groups is 1. The zero-order chi connectivity index (χ0) is 18.7. The van der Waals surface area contributed by atoms with Crippen LogP contribution >= 0.6 is 23.1 Å². The number of methoxy groups -OCH3 is 1. The molecule has 134 valence electrons. The van der Waals surface area contributed by atoms with Gasteiger partial charge in [0.05, 0.1) is 29.2 Å². The molecule has 1 aromatic carbocycles. The van der Waals surface area contributed by atoms with Gasteiger partial charge in [-0.1, -0.05) is 11.8 Å². The lowest BCUT2D eigenvalue weighted by atomic mass is 10.2. The Kier molecular flexibility index (Phi) is 5.19. The number of ether oxygens (including phenoxy) is 1. The number of amides is 1. The van der Waals surface area contributed by atoms with Crippen LogP contribution in [-0.4, -0.2) is 33.7 Å². The second kappa shape index (κ2) is 7.54. The summed E-state index contributed by atoms with van der Waals surface area (Å²) in [6.07, 6.45) is 0. The van der Waals surface area contributed by atoms with Crippen LogP contribution in [0.5, 0.6) is 5.75 Å². The number of benzene rings is 1. The van der Waals surface area contributed by atoms with Gasteiger partial charge < -0.3 is 15.0 Å². The van der Waals surface area contributed by atoms with Gasteiger partial charge >= 0.3 is 0 Å². The predicted octanol–water partition coefficient (Wildman–Crippen LogP) is 2.63. The molecule has 11 heteroatoms. The summed E-state index contributed by atoms with van der Waals surface area (Å²) in [5.41, 5.74) is -0.476. The van der Waals surface area contributed by atoms with E-state index in [-0.39, 0.29) is 22.7 Å². The van der Waals surface area contributed by atoms with Gasteiger partial charge in [0.25, 0.3) is 11.2 Å². The predicted molar refractivity (Wildman–Crippen MR) is 99.2 cm³/mol. The molecular formula is C15H12N4O5S2. The monoisotopic (exact) mass is 392 g/mol. The summed E-state index contributed by atoms with van der Waals surface area (Å²) >= 11 is 2.36. The van der Waals surface area contributed by atoms with Crippen molar-refractivity contribution in [2.45, 2.75) is 5.16 Å². The van der Waals surface area contributed by atoms with E-state index in [1.807, 2.05) is 0 Å². The van der Waals surface area contributed by atoms with Crippen molar-refractivity contribution >= 4 is 50.6 Å². The summed E-state index contributed by atoms with van der Waals surface area (Å²) in [6, 6.07) is 5.82. The van der Waals surface area contributed by atoms with Gasteiger partial charge in [0, 0.05) is 0 Å². The van der Waals surface area contributed by atoms with Crippen LogP contribution in [0.4, 0.5) is 11.4 Å². The number of anilines is 1. The van der Waals surface area contributed by atoms with Crippen LogP contribution in [-0.2, 0) is 4.79 Å². The summed E-state index contributed by atoms with van der Waals surface area (Å²) < 4.78 is 4.95. The van der Waals surface area contributed by atoms with Crippen LogP contribution in [0.15, 0.2) is 39.6 Å². The molecule has 0 unspecified atom stereocenters. The maximum Gasteiger partial charge on any atom is 0.296 e. The lowest BCUT2D eigenvalue weighted by molar-refractivity contribution is -0.384. The maximum atomic E-state index is 12.1. The molecule has 3 rings (SSSR count). The molecule has 0 aliphatic rings. The first-order chi connectivity index (χ1) is 12.5. The largest absolute Gasteiger partial charge is 0.496 e. The number of aromatic amines is 1. The first-order valence-corrected chi connectivity index (χ1v) is 9.07. The number of thiophene rings is 1. The fraction of sp³-hybridized carbons (Fsp3) is 0.133. The molecule has 2 aromatic heterocycles. The standard InChI is InChI=1S/C15H12N4O5S2/c1-24-8-2-3-10(11(6-8)19(22)23)16-12(20)7-26-15-17-13(21)9-4-5-25-14(9)18-15/h2-6H,7H2,1H3,(H,16,20)(H,17,18,21). The highest BCUT2D eigenvalue weighted by Gasteiger charge is 2.17. The van der Waals surface area contributed by atoms with Gasteiger partial charge in [-0.3, -0.25) is 19.7 Å². The van der Waals surface area contributed by atoms with Gasteiger partial charge in [-0.05, 0) is 23.6 Å². The van der Waals surface area contributed by atoms with E-state index in [1.165, 1.54) is 36.6 Å². The summed E-state index contributed by atoms with van der Waals surface area (Å²) in [4.78, 5) is 42.0. The molecule has 0 saturated heterocycles. The number of rotatable bonds is 6. The van der Waals surface area contributed by atoms with Gasteiger partial charge in [-0.15, -0.1) is 11.3 Å². The van der Waals surface area contributed by atoms with Gasteiger partial charge in [-0.25, -0.2) is 4.98 Å². The van der Waals surface area contributed by atoms with Gasteiger partial charge in [0.1, 0.15) is 16.3 Å². The SMILES string of the molecule is COc1ccc(NC(=O)CSc2nc3sccc3c(=O)[nH]2)c([N+](=O)[O-])c1. The van der Waals surface area contributed by atoms with Crippen molar-refractivity contribution in [3.63, 3.8) is 0 Å². The third-order valence-corrected chi connectivity index (χ3v) is 5.01. The molecule has 1 amide bonds. The van der Waals surface area contributed by atoms with Crippen LogP contribution in [0.2, 0.25) is 0 Å². The highest BCUT2D eigenvalue weighted by molar-refractivity contribution is 7.99. The van der Waals surface area contributed by atoms with Gasteiger partial charge in [0.2, 0.25) is 5.91 Å². The second-order valence-corrected chi connectivity index (χ2v) is 6.85. The topological polar surface area (TPSA) is 127 Å². The molecule has 0 spiro atoms. The number of hydrogen-bond donors (Lipinski definition) is 2. The fourth-order valence-corrected chi connectivity index (χ4v) is 3.61. The Labute approximate surface area is 154 Å². The lowest BCUT2D eigenvalue weighted by Gasteiger charge is -2.07. The number of nitrogens with zero attached hydrogens (tertiary/aromatic N) is 2. The average Bonchev–Trinajstić information content (AvgIpc) is 3.09. The summed E-state index contributed by atoms with van der Waals surface area (Å²) in [5.74, 6) is -0.212. The molecule has 0 saturated carbocycles. The van der Waals surface area contributed by atoms with Crippen LogP contribution in [0.25, 0.3) is 10.2 Å². The Bertz CT molecular complexity index is 1050. The van der Waals surface area contributed by atoms with Gasteiger partial charge in [-0.2, -0.15) is 0 Å². The van der Waals surface area contributed by atoms with Crippen molar-refractivity contribution in [3.05, 3.63) is 50.1 Å². The minimum Gasteiger partial charge on any atom is -0.496 e. The number of carbonyl (C=O) groups excluding carboxylic acids is 1. The lowest BCUT2D eigenvalue weighted by Crippen LogP contribution is -2.16. The number of carbonyl (C=O) groups is 1. The first kappa shape index (κ1) is 17.9. The Hall–Kier alpha value is -2.92. The quantitative estimate of drug-likeness (QED) is 0.286. The normalized spacial score (nSPS) is 10.7. The van der Waals surface area contributed by atoms with Crippen molar-refractivity contribution in [1.29, 1.82) is 0 Å². The van der Waals surface area contributed by atoms with E-state index in [1.54, 1.807) is 11.4 Å². The van der Waals surface area contributed by atoms with Crippen molar-refractivity contribution in [2.75, 3.05) is 18.2 Å². The van der Waals surface area contributed by atoms with E-state index in [9.17, 15) is 19.7 Å². The van der Waals surface area contributed by atoms with E-state index >= 15 is 0 Å². The number of nitrogens with one attached hydrogen (secondary N) is 2. The Morgan fingerprint density at radius 3 is 3.00 bits per heavy atom. The molecule has 0 aliphatic carbocycles. The number of fused-ring (bicyclic) bond motifs is 1. The van der Waals surface area contributed by atoms with Crippen molar-refractivity contribution in [3.8, 4) is 5.75 Å². The molecule has 2 heterocycles. The van der Waals surface area contributed by atoms with E-state index in [2.05, 4.69) is 15.3 Å². The summed E-state index contributed by atoms with van der Waals surface area (Å²) in [7, 11) is 1.39. The first-order valence-electron chi connectivity index (χ1n) is 7.20. The minimum absolute atomic E-state index is 0.0663. The molecular weight excluding hydrogens is 380 g/mol. The molecule has 3 aromatic rings. The zero-order valence-corrected chi connectivity index (χ0v) is 15.0. The van der Waals surface area contributed by atoms with E-state index < -0.39 is 10.8 Å². The van der Waals surface area contributed by atoms with E-state index in [4.69, 9.17) is 4.74 Å². The summed E-state index contributed by atoms with van der Waals surface area (Å²) in [5, 5.41) is 16.2. The van der Waals surface area contributed by atoms with Crippen molar-refractivity contribution < 1.29 is 14.5 Å². The van der Waals surface area contributed by atoms with Crippen LogP contribution in [0.1, 0.15) is 0 Å². The molecule has 9 nitrogen and oxygen atoms in total. The number of H-pyrrole nitrogens is 1. The molecule has 0 bridgehead atoms. The fourth-order valence-electron chi connectivity index (χ4n) is 2.13. The zero-order valence-electron chi connectivity index (χ0n) is 13.3. The third-order valence-electron chi connectivity index (χ3n) is 3.33. The number of hydrogen-bond acceptors (Lipinski definition) is 8. The van der Waals surface area contributed by atoms with Crippen LogP contribution in [0.3, 0.4) is 0 Å². The molecule has 0 aliphatic heterocycles. The highest BCUT2D eigenvalue weighted by atomic mass is 32.2. The van der Waals surface area contributed by atoms with E-state index in [0.29, 0.717) is 21.1 Å².